The number of amides is 2. The van der Waals surface area contributed by atoms with Gasteiger partial charge in [0.15, 0.2) is 0 Å². The topological polar surface area (TPSA) is 131 Å². The van der Waals surface area contributed by atoms with Crippen LogP contribution in [-0.2, 0) is 29.1 Å². The number of hydrogen-bond donors (Lipinski definition) is 2. The van der Waals surface area contributed by atoms with E-state index < -0.39 is 40.0 Å². The lowest BCUT2D eigenvalue weighted by molar-refractivity contribution is -0.149. The third kappa shape index (κ3) is 5.42. The molecule has 27 heavy (non-hydrogen) atoms. The largest absolute Gasteiger partial charge is 0.463 e. The van der Waals surface area contributed by atoms with E-state index in [4.69, 9.17) is 9.47 Å². The van der Waals surface area contributed by atoms with Crippen LogP contribution in [-0.4, -0.2) is 69.3 Å². The zero-order valence-corrected chi connectivity index (χ0v) is 16.4. The van der Waals surface area contributed by atoms with Gasteiger partial charge in [0.2, 0.25) is 10.0 Å². The molecule has 1 unspecified atom stereocenters. The summed E-state index contributed by atoms with van der Waals surface area (Å²) in [5.74, 6) is -1.51. The van der Waals surface area contributed by atoms with Gasteiger partial charge in [0, 0.05) is 13.1 Å². The highest BCUT2D eigenvalue weighted by Gasteiger charge is 2.32. The Morgan fingerprint density at radius 2 is 1.85 bits per heavy atom. The Kier molecular flexibility index (Phi) is 6.82. The SMILES string of the molecule is CCOC(=O)C1=C(COC(=O)C2CCN(S(C)(=O)=O)CC2)NC(=O)NC1C. The van der Waals surface area contributed by atoms with E-state index in [1.165, 1.54) is 4.31 Å². The smallest absolute Gasteiger partial charge is 0.338 e. The first kappa shape index (κ1) is 21.2. The van der Waals surface area contributed by atoms with Crippen molar-refractivity contribution in [1.29, 1.82) is 0 Å². The molecule has 0 aliphatic carbocycles. The van der Waals surface area contributed by atoms with Gasteiger partial charge >= 0.3 is 18.0 Å². The number of carbonyl (C=O) groups is 3. The van der Waals surface area contributed by atoms with E-state index in [0.717, 1.165) is 6.26 Å². The van der Waals surface area contributed by atoms with Gasteiger partial charge in [-0.1, -0.05) is 0 Å². The number of esters is 2. The molecule has 0 aromatic heterocycles. The molecule has 2 aliphatic rings. The Balaban J connectivity index is 2.00. The quantitative estimate of drug-likeness (QED) is 0.583. The minimum atomic E-state index is -3.27. The first-order valence-electron chi connectivity index (χ1n) is 8.73. The lowest BCUT2D eigenvalue weighted by atomic mass is 9.98. The van der Waals surface area contributed by atoms with Crippen LogP contribution in [0.2, 0.25) is 0 Å². The number of carbonyl (C=O) groups excluding carboxylic acids is 3. The van der Waals surface area contributed by atoms with E-state index in [0.29, 0.717) is 12.8 Å². The second-order valence-corrected chi connectivity index (χ2v) is 8.46. The van der Waals surface area contributed by atoms with Gasteiger partial charge in [-0.2, -0.15) is 0 Å². The molecule has 0 bridgehead atoms. The Morgan fingerprint density at radius 1 is 1.22 bits per heavy atom. The van der Waals surface area contributed by atoms with E-state index in [9.17, 15) is 22.8 Å². The van der Waals surface area contributed by atoms with Gasteiger partial charge in [-0.3, -0.25) is 4.79 Å². The predicted molar refractivity (Wildman–Crippen MR) is 94.9 cm³/mol. The fraction of sp³-hybridized carbons (Fsp3) is 0.688. The Labute approximate surface area is 158 Å². The molecule has 10 nitrogen and oxygen atoms in total. The average molecular weight is 403 g/mol. The van der Waals surface area contributed by atoms with Gasteiger partial charge < -0.3 is 20.1 Å². The number of nitrogens with zero attached hydrogens (tertiary/aromatic N) is 1. The van der Waals surface area contributed by atoms with E-state index in [-0.39, 0.29) is 37.6 Å². The molecule has 0 aromatic rings. The summed E-state index contributed by atoms with van der Waals surface area (Å²) in [5, 5.41) is 5.04. The van der Waals surface area contributed by atoms with Crippen LogP contribution >= 0.6 is 0 Å². The number of ether oxygens (including phenoxy) is 2. The van der Waals surface area contributed by atoms with Gasteiger partial charge in [-0.05, 0) is 26.7 Å². The molecule has 0 spiro atoms. The van der Waals surface area contributed by atoms with Gasteiger partial charge in [-0.25, -0.2) is 22.3 Å². The standard InChI is InChI=1S/C16H25N3O7S/c1-4-25-15(21)13-10(2)17-16(22)18-12(13)9-26-14(20)11-5-7-19(8-6-11)27(3,23)24/h10-11H,4-9H2,1-3H3,(H2,17,18,22). The molecule has 2 amide bonds. The lowest BCUT2D eigenvalue weighted by Gasteiger charge is -2.29. The highest BCUT2D eigenvalue weighted by Crippen LogP contribution is 2.21. The van der Waals surface area contributed by atoms with Crippen LogP contribution in [0.1, 0.15) is 26.7 Å². The van der Waals surface area contributed by atoms with Crippen molar-refractivity contribution >= 4 is 28.0 Å². The number of nitrogens with one attached hydrogen (secondary N) is 2. The van der Waals surface area contributed by atoms with Crippen molar-refractivity contribution in [2.24, 2.45) is 5.92 Å². The zero-order chi connectivity index (χ0) is 20.2. The fourth-order valence-corrected chi connectivity index (χ4v) is 3.95. The van der Waals surface area contributed by atoms with E-state index in [1.54, 1.807) is 13.8 Å². The van der Waals surface area contributed by atoms with Crippen molar-refractivity contribution in [2.45, 2.75) is 32.7 Å². The number of urea groups is 1. The molecule has 0 radical (unpaired) electrons. The molecule has 2 rings (SSSR count). The molecule has 0 saturated carbocycles. The number of sulfonamides is 1. The van der Waals surface area contributed by atoms with Crippen molar-refractivity contribution in [3.8, 4) is 0 Å². The first-order valence-corrected chi connectivity index (χ1v) is 10.6. The second-order valence-electron chi connectivity index (χ2n) is 6.48. The van der Waals surface area contributed by atoms with E-state index in [2.05, 4.69) is 10.6 Å². The van der Waals surface area contributed by atoms with Gasteiger partial charge in [0.25, 0.3) is 0 Å². The van der Waals surface area contributed by atoms with Crippen LogP contribution in [0.3, 0.4) is 0 Å². The van der Waals surface area contributed by atoms with Crippen LogP contribution in [0.5, 0.6) is 0 Å². The molecule has 152 valence electrons. The Morgan fingerprint density at radius 3 is 2.41 bits per heavy atom. The molecular formula is C16H25N3O7S. The Bertz CT molecular complexity index is 739. The van der Waals surface area contributed by atoms with Crippen molar-refractivity contribution in [3.05, 3.63) is 11.3 Å². The summed E-state index contributed by atoms with van der Waals surface area (Å²) in [5.41, 5.74) is 0.391. The first-order chi connectivity index (χ1) is 12.6. The number of rotatable bonds is 6. The maximum atomic E-state index is 12.3. The number of piperidine rings is 1. The summed E-state index contributed by atoms with van der Waals surface area (Å²) < 4.78 is 34.6. The summed E-state index contributed by atoms with van der Waals surface area (Å²) in [4.78, 5) is 36.1. The minimum Gasteiger partial charge on any atom is -0.463 e. The van der Waals surface area contributed by atoms with Crippen molar-refractivity contribution in [2.75, 3.05) is 32.6 Å². The molecule has 2 heterocycles. The summed E-state index contributed by atoms with van der Waals surface area (Å²) in [6, 6.07) is -1.08. The summed E-state index contributed by atoms with van der Waals surface area (Å²) in [6.45, 7) is 3.72. The third-order valence-electron chi connectivity index (χ3n) is 4.48. The third-order valence-corrected chi connectivity index (χ3v) is 5.78. The molecular weight excluding hydrogens is 378 g/mol. The minimum absolute atomic E-state index is 0.176. The lowest BCUT2D eigenvalue weighted by Crippen LogP contribution is -2.50. The molecule has 1 atom stereocenters. The van der Waals surface area contributed by atoms with Crippen molar-refractivity contribution < 1.29 is 32.3 Å². The van der Waals surface area contributed by atoms with Crippen LogP contribution in [0.15, 0.2) is 11.3 Å². The maximum absolute atomic E-state index is 12.3. The van der Waals surface area contributed by atoms with Crippen LogP contribution in [0.4, 0.5) is 4.79 Å². The van der Waals surface area contributed by atoms with E-state index in [1.807, 2.05) is 0 Å². The fourth-order valence-electron chi connectivity index (χ4n) is 3.08. The normalized spacial score (nSPS) is 22.0. The molecule has 1 fully saturated rings. The average Bonchev–Trinajstić information content (AvgIpc) is 2.58. The van der Waals surface area contributed by atoms with Crippen molar-refractivity contribution in [1.82, 2.24) is 14.9 Å². The summed E-state index contributed by atoms with van der Waals surface area (Å²) in [7, 11) is -3.27. The summed E-state index contributed by atoms with van der Waals surface area (Å²) in [6.07, 6.45) is 1.86. The van der Waals surface area contributed by atoms with Gasteiger partial charge in [-0.15, -0.1) is 0 Å². The van der Waals surface area contributed by atoms with Crippen molar-refractivity contribution in [3.63, 3.8) is 0 Å². The number of hydrogen-bond acceptors (Lipinski definition) is 7. The van der Waals surface area contributed by atoms with Crippen LogP contribution < -0.4 is 10.6 Å². The molecule has 0 aromatic carbocycles. The highest BCUT2D eigenvalue weighted by molar-refractivity contribution is 7.88. The zero-order valence-electron chi connectivity index (χ0n) is 15.6. The van der Waals surface area contributed by atoms with Gasteiger partial charge in [0.05, 0.1) is 36.1 Å². The molecule has 2 aliphatic heterocycles. The molecule has 1 saturated heterocycles. The molecule has 2 N–H and O–H groups in total. The van der Waals surface area contributed by atoms with Crippen LogP contribution in [0, 0.1) is 5.92 Å². The van der Waals surface area contributed by atoms with Gasteiger partial charge in [0.1, 0.15) is 6.61 Å². The molecule has 11 heteroatoms. The Hall–Kier alpha value is -2.14. The summed E-state index contributed by atoms with van der Waals surface area (Å²) >= 11 is 0. The maximum Gasteiger partial charge on any atom is 0.338 e. The van der Waals surface area contributed by atoms with E-state index >= 15 is 0 Å². The van der Waals surface area contributed by atoms with Crippen LogP contribution in [0.25, 0.3) is 0 Å². The predicted octanol–water partition coefficient (Wildman–Crippen LogP) is -0.280. The monoisotopic (exact) mass is 403 g/mol. The highest BCUT2D eigenvalue weighted by atomic mass is 32.2. The second kappa shape index (κ2) is 8.70.